The topological polar surface area (TPSA) is 89.6 Å². The lowest BCUT2D eigenvalue weighted by Gasteiger charge is -2.22. The summed E-state index contributed by atoms with van der Waals surface area (Å²) in [7, 11) is 0. The molecule has 0 aliphatic rings. The summed E-state index contributed by atoms with van der Waals surface area (Å²) in [4.78, 5) is 21.7. The number of carboxylic acid groups (broad SMARTS) is 1. The van der Waals surface area contributed by atoms with Gasteiger partial charge in [-0.3, -0.25) is 9.59 Å². The first-order valence-corrected chi connectivity index (χ1v) is 4.41. The molecule has 5 heteroatoms. The molecule has 1 atom stereocenters. The summed E-state index contributed by atoms with van der Waals surface area (Å²) in [5.41, 5.74) is 4.67. The van der Waals surface area contributed by atoms with Gasteiger partial charge in [0.15, 0.2) is 0 Å². The van der Waals surface area contributed by atoms with Gasteiger partial charge in [0.2, 0.25) is 0 Å². The minimum atomic E-state index is -1.05. The highest BCUT2D eigenvalue weighted by molar-refractivity contribution is 5.79. The molecule has 0 radical (unpaired) electrons. The average Bonchev–Trinajstić information content (AvgIpc) is 1.96. The summed E-state index contributed by atoms with van der Waals surface area (Å²) in [6.07, 6.45) is -0.286. The summed E-state index contributed by atoms with van der Waals surface area (Å²) in [5.74, 6) is -2.36. The summed E-state index contributed by atoms with van der Waals surface area (Å²) in [5, 5.41) is 8.50. The Hall–Kier alpha value is -1.10. The molecule has 0 aromatic heterocycles. The van der Waals surface area contributed by atoms with E-state index in [4.69, 9.17) is 15.6 Å². The standard InChI is InChI=1S/C9H17NO4/c1-9(2,3)14-8(13)6(5-10)4-7(11)12/h6H,4-5,10H2,1-3H3,(H,11,12)/t6-/m1/s1. The van der Waals surface area contributed by atoms with Crippen LogP contribution in [-0.4, -0.2) is 29.2 Å². The van der Waals surface area contributed by atoms with E-state index < -0.39 is 23.5 Å². The number of carboxylic acids is 1. The van der Waals surface area contributed by atoms with Crippen LogP contribution in [0.4, 0.5) is 0 Å². The Morgan fingerprint density at radius 1 is 1.43 bits per heavy atom. The molecular formula is C9H17NO4. The molecule has 0 bridgehead atoms. The van der Waals surface area contributed by atoms with Crippen molar-refractivity contribution in [1.29, 1.82) is 0 Å². The Morgan fingerprint density at radius 3 is 2.21 bits per heavy atom. The van der Waals surface area contributed by atoms with Crippen molar-refractivity contribution in [2.75, 3.05) is 6.54 Å². The van der Waals surface area contributed by atoms with Crippen LogP contribution in [0.15, 0.2) is 0 Å². The summed E-state index contributed by atoms with van der Waals surface area (Å²) in [6, 6.07) is 0. The number of hydrogen-bond donors (Lipinski definition) is 2. The van der Waals surface area contributed by atoms with Gasteiger partial charge in [-0.25, -0.2) is 0 Å². The van der Waals surface area contributed by atoms with Gasteiger partial charge in [0.1, 0.15) is 5.60 Å². The van der Waals surface area contributed by atoms with Crippen LogP contribution >= 0.6 is 0 Å². The fourth-order valence-corrected chi connectivity index (χ4v) is 0.859. The van der Waals surface area contributed by atoms with Gasteiger partial charge in [0.05, 0.1) is 12.3 Å². The third-order valence-corrected chi connectivity index (χ3v) is 1.45. The zero-order valence-electron chi connectivity index (χ0n) is 8.74. The second kappa shape index (κ2) is 4.95. The highest BCUT2D eigenvalue weighted by Crippen LogP contribution is 2.12. The van der Waals surface area contributed by atoms with Crippen molar-refractivity contribution in [2.45, 2.75) is 32.8 Å². The summed E-state index contributed by atoms with van der Waals surface area (Å²) in [6.45, 7) is 5.15. The summed E-state index contributed by atoms with van der Waals surface area (Å²) < 4.78 is 5.01. The molecule has 0 amide bonds. The fraction of sp³-hybridized carbons (Fsp3) is 0.778. The predicted octanol–water partition coefficient (Wildman–Crippen LogP) is 0.378. The molecule has 0 aromatic carbocycles. The Morgan fingerprint density at radius 2 is 1.93 bits per heavy atom. The lowest BCUT2D eigenvalue weighted by Crippen LogP contribution is -2.33. The van der Waals surface area contributed by atoms with Gasteiger partial charge in [-0.1, -0.05) is 0 Å². The lowest BCUT2D eigenvalue weighted by molar-refractivity contribution is -0.162. The number of esters is 1. The predicted molar refractivity (Wildman–Crippen MR) is 50.6 cm³/mol. The Kier molecular flexibility index (Phi) is 4.56. The van der Waals surface area contributed by atoms with Gasteiger partial charge in [-0.05, 0) is 20.8 Å². The van der Waals surface area contributed by atoms with Gasteiger partial charge in [-0.15, -0.1) is 0 Å². The first kappa shape index (κ1) is 12.9. The molecule has 3 N–H and O–H groups in total. The van der Waals surface area contributed by atoms with Crippen molar-refractivity contribution in [3.63, 3.8) is 0 Å². The van der Waals surface area contributed by atoms with Gasteiger partial charge in [-0.2, -0.15) is 0 Å². The third kappa shape index (κ3) is 5.53. The van der Waals surface area contributed by atoms with Gasteiger partial charge < -0.3 is 15.6 Å². The van der Waals surface area contributed by atoms with Gasteiger partial charge in [0, 0.05) is 6.54 Å². The van der Waals surface area contributed by atoms with Crippen LogP contribution in [-0.2, 0) is 14.3 Å². The van der Waals surface area contributed by atoms with Crippen LogP contribution in [0, 0.1) is 5.92 Å². The van der Waals surface area contributed by atoms with Crippen LogP contribution in [0.2, 0.25) is 0 Å². The van der Waals surface area contributed by atoms with E-state index in [-0.39, 0.29) is 13.0 Å². The molecule has 0 saturated heterocycles. The van der Waals surface area contributed by atoms with E-state index in [1.165, 1.54) is 0 Å². The maximum absolute atomic E-state index is 11.4. The van der Waals surface area contributed by atoms with Gasteiger partial charge in [0.25, 0.3) is 0 Å². The number of nitrogens with two attached hydrogens (primary N) is 1. The van der Waals surface area contributed by atoms with Crippen LogP contribution in [0.25, 0.3) is 0 Å². The molecule has 0 aliphatic heterocycles. The largest absolute Gasteiger partial charge is 0.481 e. The molecule has 0 aliphatic carbocycles. The first-order chi connectivity index (χ1) is 6.26. The van der Waals surface area contributed by atoms with Crippen LogP contribution < -0.4 is 5.73 Å². The molecule has 82 valence electrons. The summed E-state index contributed by atoms with van der Waals surface area (Å²) >= 11 is 0. The lowest BCUT2D eigenvalue weighted by atomic mass is 10.1. The molecule has 0 fully saturated rings. The maximum Gasteiger partial charge on any atom is 0.311 e. The first-order valence-electron chi connectivity index (χ1n) is 4.41. The van der Waals surface area contributed by atoms with E-state index in [2.05, 4.69) is 0 Å². The molecule has 0 unspecified atom stereocenters. The smallest absolute Gasteiger partial charge is 0.311 e. The quantitative estimate of drug-likeness (QED) is 0.644. The number of hydrogen-bond acceptors (Lipinski definition) is 4. The monoisotopic (exact) mass is 203 g/mol. The molecule has 0 saturated carbocycles. The van der Waals surface area contributed by atoms with E-state index in [0.29, 0.717) is 0 Å². The molecular weight excluding hydrogens is 186 g/mol. The zero-order valence-corrected chi connectivity index (χ0v) is 8.74. The molecule has 5 nitrogen and oxygen atoms in total. The van der Waals surface area contributed by atoms with Gasteiger partial charge >= 0.3 is 11.9 Å². The molecule has 0 aromatic rings. The van der Waals surface area contributed by atoms with Crippen molar-refractivity contribution in [3.05, 3.63) is 0 Å². The van der Waals surface area contributed by atoms with Crippen molar-refractivity contribution < 1.29 is 19.4 Å². The van der Waals surface area contributed by atoms with E-state index in [9.17, 15) is 9.59 Å². The zero-order chi connectivity index (χ0) is 11.4. The Labute approximate surface area is 83.2 Å². The van der Waals surface area contributed by atoms with E-state index in [1.807, 2.05) is 0 Å². The molecule has 0 spiro atoms. The fourth-order valence-electron chi connectivity index (χ4n) is 0.859. The van der Waals surface area contributed by atoms with Crippen molar-refractivity contribution in [1.82, 2.24) is 0 Å². The number of carbonyl (C=O) groups is 2. The second-order valence-electron chi connectivity index (χ2n) is 4.06. The van der Waals surface area contributed by atoms with E-state index in [0.717, 1.165) is 0 Å². The number of carbonyl (C=O) groups excluding carboxylic acids is 1. The van der Waals surface area contributed by atoms with Crippen molar-refractivity contribution in [3.8, 4) is 0 Å². The highest BCUT2D eigenvalue weighted by atomic mass is 16.6. The van der Waals surface area contributed by atoms with Crippen molar-refractivity contribution in [2.24, 2.45) is 11.7 Å². The van der Waals surface area contributed by atoms with Crippen molar-refractivity contribution >= 4 is 11.9 Å². The molecule has 0 heterocycles. The van der Waals surface area contributed by atoms with Crippen LogP contribution in [0.5, 0.6) is 0 Å². The molecule has 0 rings (SSSR count). The van der Waals surface area contributed by atoms with Crippen LogP contribution in [0.3, 0.4) is 0 Å². The maximum atomic E-state index is 11.4. The minimum Gasteiger partial charge on any atom is -0.481 e. The van der Waals surface area contributed by atoms with Crippen LogP contribution in [0.1, 0.15) is 27.2 Å². The Bertz CT molecular complexity index is 219. The average molecular weight is 203 g/mol. The SMILES string of the molecule is CC(C)(C)OC(=O)[C@@H](CN)CC(=O)O. The normalized spacial score (nSPS) is 13.4. The number of aliphatic carboxylic acids is 1. The molecule has 14 heavy (non-hydrogen) atoms. The number of rotatable bonds is 4. The third-order valence-electron chi connectivity index (χ3n) is 1.45. The number of ether oxygens (including phenoxy) is 1. The Balaban J connectivity index is 4.25. The second-order valence-corrected chi connectivity index (χ2v) is 4.06. The van der Waals surface area contributed by atoms with E-state index >= 15 is 0 Å². The van der Waals surface area contributed by atoms with E-state index in [1.54, 1.807) is 20.8 Å². The highest BCUT2D eigenvalue weighted by Gasteiger charge is 2.25. The minimum absolute atomic E-state index is 0.0127.